The van der Waals surface area contributed by atoms with Crippen LogP contribution in [-0.4, -0.2) is 24.5 Å². The first-order chi connectivity index (χ1) is 10.5. The number of hydrogen-bond donors (Lipinski definition) is 1. The van der Waals surface area contributed by atoms with Crippen LogP contribution in [0.25, 0.3) is 0 Å². The Kier molecular flexibility index (Phi) is 5.04. The minimum atomic E-state index is -0.0290. The molecule has 0 atom stereocenters. The van der Waals surface area contributed by atoms with Crippen molar-refractivity contribution in [2.45, 2.75) is 20.4 Å². The number of hydrogen-bond acceptors (Lipinski definition) is 3. The Labute approximate surface area is 131 Å². The highest BCUT2D eigenvalue weighted by Crippen LogP contribution is 2.17. The Morgan fingerprint density at radius 2 is 1.86 bits per heavy atom. The van der Waals surface area contributed by atoms with E-state index in [9.17, 15) is 4.79 Å². The quantitative estimate of drug-likeness (QED) is 0.862. The lowest BCUT2D eigenvalue weighted by molar-refractivity contribution is 0.0784. The van der Waals surface area contributed by atoms with Crippen molar-refractivity contribution >= 4 is 11.6 Å². The molecule has 1 amide bonds. The Morgan fingerprint density at radius 3 is 2.50 bits per heavy atom. The van der Waals surface area contributed by atoms with Crippen LogP contribution in [0.3, 0.4) is 0 Å². The lowest BCUT2D eigenvalue weighted by atomic mass is 10.1. The van der Waals surface area contributed by atoms with Gasteiger partial charge in [0.2, 0.25) is 0 Å². The van der Waals surface area contributed by atoms with E-state index in [1.54, 1.807) is 24.1 Å². The SMILES string of the molecule is CCOc1ccc(CN(C)C(=O)c2cc(N)ccc2C)cc1. The fraction of sp³-hybridized carbons (Fsp3) is 0.278. The molecular formula is C18H22N2O2. The van der Waals surface area contributed by atoms with E-state index in [0.717, 1.165) is 16.9 Å². The number of carbonyl (C=O) groups is 1. The smallest absolute Gasteiger partial charge is 0.254 e. The molecule has 0 unspecified atom stereocenters. The maximum Gasteiger partial charge on any atom is 0.254 e. The molecule has 0 aromatic heterocycles. The summed E-state index contributed by atoms with van der Waals surface area (Å²) in [6.45, 7) is 5.05. The zero-order valence-corrected chi connectivity index (χ0v) is 13.3. The number of benzene rings is 2. The molecule has 22 heavy (non-hydrogen) atoms. The van der Waals surface area contributed by atoms with Crippen LogP contribution in [0.5, 0.6) is 5.75 Å². The van der Waals surface area contributed by atoms with E-state index < -0.39 is 0 Å². The van der Waals surface area contributed by atoms with E-state index in [-0.39, 0.29) is 5.91 Å². The van der Waals surface area contributed by atoms with Gasteiger partial charge in [0, 0.05) is 24.8 Å². The van der Waals surface area contributed by atoms with Crippen LogP contribution in [0, 0.1) is 6.92 Å². The fourth-order valence-electron chi connectivity index (χ4n) is 2.28. The van der Waals surface area contributed by atoms with Crippen molar-refractivity contribution in [2.75, 3.05) is 19.4 Å². The van der Waals surface area contributed by atoms with Crippen molar-refractivity contribution in [1.29, 1.82) is 0 Å². The third-order valence-corrected chi connectivity index (χ3v) is 3.49. The van der Waals surface area contributed by atoms with Crippen molar-refractivity contribution in [3.63, 3.8) is 0 Å². The average Bonchev–Trinajstić information content (AvgIpc) is 2.51. The standard InChI is InChI=1S/C18H22N2O2/c1-4-22-16-9-6-14(7-10-16)12-20(3)18(21)17-11-15(19)8-5-13(17)2/h5-11H,4,12,19H2,1-3H3. The highest BCUT2D eigenvalue weighted by molar-refractivity contribution is 5.96. The Bertz CT molecular complexity index is 651. The summed E-state index contributed by atoms with van der Waals surface area (Å²) in [5, 5.41) is 0. The molecule has 4 nitrogen and oxygen atoms in total. The van der Waals surface area contributed by atoms with Gasteiger partial charge in [0.05, 0.1) is 6.61 Å². The van der Waals surface area contributed by atoms with E-state index in [2.05, 4.69) is 0 Å². The summed E-state index contributed by atoms with van der Waals surface area (Å²) in [6.07, 6.45) is 0. The molecular weight excluding hydrogens is 276 g/mol. The van der Waals surface area contributed by atoms with Gasteiger partial charge in [-0.05, 0) is 49.2 Å². The first kappa shape index (κ1) is 15.9. The molecule has 0 heterocycles. The molecule has 0 saturated heterocycles. The molecule has 0 aliphatic carbocycles. The van der Waals surface area contributed by atoms with E-state index in [0.29, 0.717) is 24.4 Å². The zero-order valence-electron chi connectivity index (χ0n) is 13.3. The number of ether oxygens (including phenoxy) is 1. The van der Waals surface area contributed by atoms with Crippen LogP contribution in [0.15, 0.2) is 42.5 Å². The van der Waals surface area contributed by atoms with Crippen molar-refractivity contribution < 1.29 is 9.53 Å². The summed E-state index contributed by atoms with van der Waals surface area (Å²) in [5.41, 5.74) is 9.01. The van der Waals surface area contributed by atoms with Crippen LogP contribution < -0.4 is 10.5 Å². The van der Waals surface area contributed by atoms with Gasteiger partial charge in [0.1, 0.15) is 5.75 Å². The number of amides is 1. The van der Waals surface area contributed by atoms with Crippen LogP contribution in [0.4, 0.5) is 5.69 Å². The van der Waals surface area contributed by atoms with Gasteiger partial charge in [-0.25, -0.2) is 0 Å². The van der Waals surface area contributed by atoms with Crippen molar-refractivity contribution in [3.8, 4) is 5.75 Å². The minimum absolute atomic E-state index is 0.0290. The third kappa shape index (κ3) is 3.79. The Morgan fingerprint density at radius 1 is 1.18 bits per heavy atom. The van der Waals surface area contributed by atoms with Gasteiger partial charge in [-0.15, -0.1) is 0 Å². The second-order valence-electron chi connectivity index (χ2n) is 5.31. The van der Waals surface area contributed by atoms with Gasteiger partial charge in [-0.2, -0.15) is 0 Å². The number of aryl methyl sites for hydroxylation is 1. The van der Waals surface area contributed by atoms with Gasteiger partial charge < -0.3 is 15.4 Å². The number of nitrogens with two attached hydrogens (primary N) is 1. The fourth-order valence-corrected chi connectivity index (χ4v) is 2.28. The molecule has 4 heteroatoms. The molecule has 2 N–H and O–H groups in total. The molecule has 0 fully saturated rings. The highest BCUT2D eigenvalue weighted by atomic mass is 16.5. The number of anilines is 1. The maximum absolute atomic E-state index is 12.5. The van der Waals surface area contributed by atoms with Crippen molar-refractivity contribution in [3.05, 3.63) is 59.2 Å². The topological polar surface area (TPSA) is 55.6 Å². The molecule has 0 spiro atoms. The summed E-state index contributed by atoms with van der Waals surface area (Å²) in [4.78, 5) is 14.2. The lowest BCUT2D eigenvalue weighted by Gasteiger charge is -2.19. The molecule has 116 valence electrons. The van der Waals surface area contributed by atoms with Crippen LogP contribution >= 0.6 is 0 Å². The van der Waals surface area contributed by atoms with Gasteiger partial charge in [-0.3, -0.25) is 4.79 Å². The summed E-state index contributed by atoms with van der Waals surface area (Å²) < 4.78 is 5.42. The second-order valence-corrected chi connectivity index (χ2v) is 5.31. The van der Waals surface area contributed by atoms with Crippen LogP contribution in [0.1, 0.15) is 28.4 Å². The maximum atomic E-state index is 12.5. The van der Waals surface area contributed by atoms with Gasteiger partial charge in [0.25, 0.3) is 5.91 Å². The molecule has 0 saturated carbocycles. The normalized spacial score (nSPS) is 10.3. The molecule has 0 aliphatic rings. The zero-order chi connectivity index (χ0) is 16.1. The Hall–Kier alpha value is -2.49. The first-order valence-corrected chi connectivity index (χ1v) is 7.34. The molecule has 0 radical (unpaired) electrons. The van der Waals surface area contributed by atoms with Crippen molar-refractivity contribution in [1.82, 2.24) is 4.90 Å². The van der Waals surface area contributed by atoms with Gasteiger partial charge in [-0.1, -0.05) is 18.2 Å². The lowest BCUT2D eigenvalue weighted by Crippen LogP contribution is -2.27. The predicted octanol–water partition coefficient (Wildman–Crippen LogP) is 3.25. The van der Waals surface area contributed by atoms with Crippen LogP contribution in [-0.2, 0) is 6.54 Å². The molecule has 2 aromatic rings. The summed E-state index contributed by atoms with van der Waals surface area (Å²) in [7, 11) is 1.79. The van der Waals surface area contributed by atoms with Gasteiger partial charge >= 0.3 is 0 Å². The average molecular weight is 298 g/mol. The minimum Gasteiger partial charge on any atom is -0.494 e. The number of carbonyl (C=O) groups excluding carboxylic acids is 1. The van der Waals surface area contributed by atoms with E-state index >= 15 is 0 Å². The molecule has 2 aromatic carbocycles. The number of nitrogens with zero attached hydrogens (tertiary/aromatic N) is 1. The highest BCUT2D eigenvalue weighted by Gasteiger charge is 2.14. The third-order valence-electron chi connectivity index (χ3n) is 3.49. The molecule has 2 rings (SSSR count). The van der Waals surface area contributed by atoms with E-state index in [1.807, 2.05) is 44.2 Å². The largest absolute Gasteiger partial charge is 0.494 e. The monoisotopic (exact) mass is 298 g/mol. The van der Waals surface area contributed by atoms with Crippen LogP contribution in [0.2, 0.25) is 0 Å². The Balaban J connectivity index is 2.09. The number of nitrogen functional groups attached to an aromatic ring is 1. The van der Waals surface area contributed by atoms with Crippen molar-refractivity contribution in [2.24, 2.45) is 0 Å². The second kappa shape index (κ2) is 6.98. The summed E-state index contributed by atoms with van der Waals surface area (Å²) in [5.74, 6) is 0.811. The molecule has 0 aliphatic heterocycles. The summed E-state index contributed by atoms with van der Waals surface area (Å²) in [6, 6.07) is 13.2. The van der Waals surface area contributed by atoms with Gasteiger partial charge in [0.15, 0.2) is 0 Å². The van der Waals surface area contributed by atoms with E-state index in [4.69, 9.17) is 10.5 Å². The predicted molar refractivity (Wildman–Crippen MR) is 89.0 cm³/mol. The first-order valence-electron chi connectivity index (χ1n) is 7.34. The number of rotatable bonds is 5. The molecule has 0 bridgehead atoms. The van der Waals surface area contributed by atoms with E-state index in [1.165, 1.54) is 0 Å². The summed E-state index contributed by atoms with van der Waals surface area (Å²) >= 11 is 0.